The number of aromatic nitrogens is 2. The van der Waals surface area contributed by atoms with E-state index in [1.165, 1.54) is 0 Å². The summed E-state index contributed by atoms with van der Waals surface area (Å²) in [4.78, 5) is 0. The van der Waals surface area contributed by atoms with Crippen LogP contribution < -0.4 is 0 Å². The molecule has 0 aliphatic heterocycles. The molecule has 3 aromatic rings. The van der Waals surface area contributed by atoms with Crippen molar-refractivity contribution in [3.8, 4) is 22.9 Å². The Morgan fingerprint density at radius 1 is 0.722 bits per heavy atom. The minimum absolute atomic E-state index is 0.0758. The van der Waals surface area contributed by atoms with E-state index in [0.29, 0.717) is 11.1 Å². The zero-order chi connectivity index (χ0) is 12.5. The largest absolute Gasteiger partial charge is 0.508 e. The standard InChI is InChI=1S/C14H10N2O2/c17-10-7-5-9(6-8-10)13-11-3-1-2-4-12(11)14(18)16-15-13/h1-8,17H,(H,16,18). The third-order valence-corrected chi connectivity index (χ3v) is 2.81. The van der Waals surface area contributed by atoms with E-state index >= 15 is 0 Å². The highest BCUT2D eigenvalue weighted by Gasteiger charge is 2.09. The van der Waals surface area contributed by atoms with E-state index in [0.717, 1.165) is 10.9 Å². The number of nitrogens with zero attached hydrogens (tertiary/aromatic N) is 2. The molecule has 0 saturated carbocycles. The van der Waals surface area contributed by atoms with Crippen LogP contribution in [0.15, 0.2) is 48.5 Å². The highest BCUT2D eigenvalue weighted by molar-refractivity contribution is 5.96. The van der Waals surface area contributed by atoms with Gasteiger partial charge in [-0.2, -0.15) is 0 Å². The smallest absolute Gasteiger partial charge is 0.238 e. The minimum atomic E-state index is -0.0758. The minimum Gasteiger partial charge on any atom is -0.508 e. The van der Waals surface area contributed by atoms with Crippen LogP contribution in [0, 0.1) is 0 Å². The predicted octanol–water partition coefficient (Wildman–Crippen LogP) is 2.71. The van der Waals surface area contributed by atoms with Gasteiger partial charge in [0.1, 0.15) is 11.4 Å². The summed E-state index contributed by atoms with van der Waals surface area (Å²) in [5.41, 5.74) is 1.53. The van der Waals surface area contributed by atoms with Crippen molar-refractivity contribution in [2.75, 3.05) is 0 Å². The van der Waals surface area contributed by atoms with Crippen molar-refractivity contribution in [3.63, 3.8) is 0 Å². The van der Waals surface area contributed by atoms with Crippen molar-refractivity contribution < 1.29 is 10.2 Å². The van der Waals surface area contributed by atoms with Crippen LogP contribution in [0.3, 0.4) is 0 Å². The van der Waals surface area contributed by atoms with Gasteiger partial charge < -0.3 is 10.2 Å². The van der Waals surface area contributed by atoms with Gasteiger partial charge in [0.15, 0.2) is 0 Å². The molecule has 0 radical (unpaired) electrons. The van der Waals surface area contributed by atoms with Gasteiger partial charge in [-0.25, -0.2) is 0 Å². The Balaban J connectivity index is 2.30. The van der Waals surface area contributed by atoms with Gasteiger partial charge in [-0.1, -0.05) is 18.2 Å². The molecule has 2 N–H and O–H groups in total. The van der Waals surface area contributed by atoms with E-state index < -0.39 is 0 Å². The number of hydrogen-bond donors (Lipinski definition) is 2. The van der Waals surface area contributed by atoms with E-state index in [2.05, 4.69) is 10.2 Å². The third-order valence-electron chi connectivity index (χ3n) is 2.81. The van der Waals surface area contributed by atoms with Crippen LogP contribution in [0.25, 0.3) is 22.0 Å². The lowest BCUT2D eigenvalue weighted by Gasteiger charge is -2.06. The maximum absolute atomic E-state index is 9.67. The molecule has 88 valence electrons. The van der Waals surface area contributed by atoms with Crippen molar-refractivity contribution >= 4 is 10.8 Å². The predicted molar refractivity (Wildman–Crippen MR) is 68.3 cm³/mol. The molecule has 0 atom stereocenters. The zero-order valence-corrected chi connectivity index (χ0v) is 9.41. The molecule has 2 aromatic carbocycles. The van der Waals surface area contributed by atoms with E-state index in [-0.39, 0.29) is 11.6 Å². The topological polar surface area (TPSA) is 66.2 Å². The molecule has 18 heavy (non-hydrogen) atoms. The molecule has 4 nitrogen and oxygen atoms in total. The Morgan fingerprint density at radius 2 is 1.39 bits per heavy atom. The fraction of sp³-hybridized carbons (Fsp3) is 0. The molecule has 0 amide bonds. The Labute approximate surface area is 103 Å². The first kappa shape index (κ1) is 10.5. The number of aromatic hydroxyl groups is 2. The molecular weight excluding hydrogens is 228 g/mol. The summed E-state index contributed by atoms with van der Waals surface area (Å²) >= 11 is 0. The van der Waals surface area contributed by atoms with E-state index in [9.17, 15) is 10.2 Å². The first-order valence-electron chi connectivity index (χ1n) is 5.49. The Kier molecular flexibility index (Phi) is 2.34. The van der Waals surface area contributed by atoms with Crippen LogP contribution in [0.5, 0.6) is 11.6 Å². The number of phenolic OH excluding ortho intramolecular Hbond substituents is 1. The van der Waals surface area contributed by atoms with Gasteiger partial charge in [-0.3, -0.25) is 0 Å². The summed E-state index contributed by atoms with van der Waals surface area (Å²) in [6, 6.07) is 14.1. The van der Waals surface area contributed by atoms with Crippen molar-refractivity contribution in [2.24, 2.45) is 0 Å². The van der Waals surface area contributed by atoms with Crippen molar-refractivity contribution in [2.45, 2.75) is 0 Å². The summed E-state index contributed by atoms with van der Waals surface area (Å²) in [6.45, 7) is 0. The Bertz CT molecular complexity index is 709. The molecule has 1 heterocycles. The SMILES string of the molecule is Oc1ccc(-c2nnc(O)c3ccccc23)cc1. The van der Waals surface area contributed by atoms with Gasteiger partial charge in [-0.05, 0) is 30.3 Å². The van der Waals surface area contributed by atoms with Crippen LogP contribution in [0.2, 0.25) is 0 Å². The van der Waals surface area contributed by atoms with Gasteiger partial charge in [0.25, 0.3) is 0 Å². The molecule has 0 bridgehead atoms. The van der Waals surface area contributed by atoms with Gasteiger partial charge in [-0.15, -0.1) is 10.2 Å². The molecule has 4 heteroatoms. The van der Waals surface area contributed by atoms with Crippen LogP contribution in [-0.2, 0) is 0 Å². The lowest BCUT2D eigenvalue weighted by Crippen LogP contribution is -1.90. The summed E-state index contributed by atoms with van der Waals surface area (Å²) in [5, 5.41) is 28.2. The maximum Gasteiger partial charge on any atom is 0.238 e. The summed E-state index contributed by atoms with van der Waals surface area (Å²) < 4.78 is 0. The lowest BCUT2D eigenvalue weighted by molar-refractivity contribution is 0.453. The average Bonchev–Trinajstić information content (AvgIpc) is 2.41. The maximum atomic E-state index is 9.67. The number of hydrogen-bond acceptors (Lipinski definition) is 4. The second-order valence-corrected chi connectivity index (χ2v) is 3.96. The first-order valence-corrected chi connectivity index (χ1v) is 5.49. The number of benzene rings is 2. The molecule has 0 unspecified atom stereocenters. The fourth-order valence-electron chi connectivity index (χ4n) is 1.92. The first-order chi connectivity index (χ1) is 8.75. The summed E-state index contributed by atoms with van der Waals surface area (Å²) in [6.07, 6.45) is 0. The monoisotopic (exact) mass is 238 g/mol. The summed E-state index contributed by atoms with van der Waals surface area (Å²) in [7, 11) is 0. The lowest BCUT2D eigenvalue weighted by atomic mass is 10.1. The van der Waals surface area contributed by atoms with E-state index in [1.54, 1.807) is 30.3 Å². The van der Waals surface area contributed by atoms with Gasteiger partial charge in [0, 0.05) is 16.3 Å². The second kappa shape index (κ2) is 4.00. The van der Waals surface area contributed by atoms with Gasteiger partial charge in [0.05, 0.1) is 0 Å². The Morgan fingerprint density at radius 3 is 2.11 bits per heavy atom. The van der Waals surface area contributed by atoms with Crippen LogP contribution >= 0.6 is 0 Å². The van der Waals surface area contributed by atoms with Crippen molar-refractivity contribution in [1.82, 2.24) is 10.2 Å². The average molecular weight is 238 g/mol. The normalized spacial score (nSPS) is 10.7. The van der Waals surface area contributed by atoms with E-state index in [4.69, 9.17) is 0 Å². The summed E-state index contributed by atoms with van der Waals surface area (Å²) in [5.74, 6) is 0.128. The van der Waals surface area contributed by atoms with Crippen LogP contribution in [-0.4, -0.2) is 20.4 Å². The molecule has 0 fully saturated rings. The number of rotatable bonds is 1. The van der Waals surface area contributed by atoms with Crippen molar-refractivity contribution in [3.05, 3.63) is 48.5 Å². The van der Waals surface area contributed by atoms with Gasteiger partial charge in [0.2, 0.25) is 5.88 Å². The third kappa shape index (κ3) is 1.64. The van der Waals surface area contributed by atoms with Crippen molar-refractivity contribution in [1.29, 1.82) is 0 Å². The molecule has 0 aliphatic rings. The van der Waals surface area contributed by atoms with Crippen LogP contribution in [0.1, 0.15) is 0 Å². The molecule has 0 spiro atoms. The second-order valence-electron chi connectivity index (χ2n) is 3.96. The highest BCUT2D eigenvalue weighted by Crippen LogP contribution is 2.30. The Hall–Kier alpha value is -2.62. The van der Waals surface area contributed by atoms with E-state index in [1.807, 2.05) is 18.2 Å². The molecule has 0 aliphatic carbocycles. The molecular formula is C14H10N2O2. The quantitative estimate of drug-likeness (QED) is 0.684. The zero-order valence-electron chi connectivity index (χ0n) is 9.41. The molecule has 3 rings (SSSR count). The number of fused-ring (bicyclic) bond motifs is 1. The molecule has 1 aromatic heterocycles. The number of phenols is 1. The highest BCUT2D eigenvalue weighted by atomic mass is 16.3. The van der Waals surface area contributed by atoms with Crippen LogP contribution in [0.4, 0.5) is 0 Å². The molecule has 0 saturated heterocycles. The van der Waals surface area contributed by atoms with Gasteiger partial charge >= 0.3 is 0 Å². The fourth-order valence-corrected chi connectivity index (χ4v) is 1.92.